The number of nitrogens with one attached hydrogen (secondary N) is 2. The van der Waals surface area contributed by atoms with Gasteiger partial charge < -0.3 is 20.3 Å². The number of nitrogens with zero attached hydrogens (tertiary/aromatic N) is 4. The molecule has 1 aliphatic rings. The van der Waals surface area contributed by atoms with Gasteiger partial charge in [0.2, 0.25) is 0 Å². The zero-order chi connectivity index (χ0) is 20.6. The van der Waals surface area contributed by atoms with E-state index in [4.69, 9.17) is 0 Å². The van der Waals surface area contributed by atoms with Crippen molar-refractivity contribution in [2.24, 2.45) is 12.0 Å². The highest BCUT2D eigenvalue weighted by Gasteiger charge is 2.25. The smallest absolute Gasteiger partial charge is 0.387 e. The Bertz CT molecular complexity index is 816. The first-order valence-corrected chi connectivity index (χ1v) is 9.78. The first kappa shape index (κ1) is 24.2. The molecule has 1 unspecified atom stereocenters. The normalized spacial score (nSPS) is 16.5. The van der Waals surface area contributed by atoms with E-state index in [2.05, 4.69) is 30.4 Å². The van der Waals surface area contributed by atoms with Crippen LogP contribution in [0.15, 0.2) is 41.7 Å². The molecule has 30 heavy (non-hydrogen) atoms. The van der Waals surface area contributed by atoms with Crippen LogP contribution in [0, 0.1) is 0 Å². The minimum absolute atomic E-state index is 0. The summed E-state index contributed by atoms with van der Waals surface area (Å²) >= 11 is 0. The number of benzene rings is 1. The molecule has 0 spiro atoms. The molecular weight excluding hydrogens is 505 g/mol. The molecule has 0 bridgehead atoms. The first-order chi connectivity index (χ1) is 14.0. The Hall–Kier alpha value is -2.11. The summed E-state index contributed by atoms with van der Waals surface area (Å²) in [5.41, 5.74) is 1.91. The molecule has 1 saturated heterocycles. The monoisotopic (exact) mass is 534 g/mol. The molecule has 0 radical (unpaired) electrons. The van der Waals surface area contributed by atoms with Crippen LogP contribution in [-0.2, 0) is 13.5 Å². The Morgan fingerprint density at radius 3 is 2.87 bits per heavy atom. The molecule has 7 nitrogen and oxygen atoms in total. The quantitative estimate of drug-likeness (QED) is 0.236. The van der Waals surface area contributed by atoms with Crippen molar-refractivity contribution in [3.05, 3.63) is 42.2 Å². The zero-order valence-electron chi connectivity index (χ0n) is 17.2. The minimum atomic E-state index is -2.83. The second kappa shape index (κ2) is 11.9. The SMILES string of the molecule is CN=C(NCCCc1cnn(C)c1)NC1CCN(c2ccccc2OC(F)F)C1.I. The lowest BCUT2D eigenvalue weighted by Crippen LogP contribution is -2.44. The molecule has 1 atom stereocenters. The average Bonchev–Trinajstić information content (AvgIpc) is 3.33. The van der Waals surface area contributed by atoms with E-state index in [0.29, 0.717) is 12.2 Å². The third kappa shape index (κ3) is 6.99. The molecule has 1 aromatic carbocycles. The molecule has 0 aliphatic carbocycles. The zero-order valence-corrected chi connectivity index (χ0v) is 19.6. The number of hydrogen-bond donors (Lipinski definition) is 2. The number of halogens is 3. The molecule has 166 valence electrons. The van der Waals surface area contributed by atoms with E-state index in [9.17, 15) is 8.78 Å². The molecule has 3 rings (SSSR count). The fourth-order valence-electron chi connectivity index (χ4n) is 3.50. The Labute approximate surface area is 192 Å². The Kier molecular flexibility index (Phi) is 9.60. The van der Waals surface area contributed by atoms with Crippen LogP contribution in [-0.4, -0.2) is 55.1 Å². The lowest BCUT2D eigenvalue weighted by atomic mass is 10.2. The minimum Gasteiger partial charge on any atom is -0.433 e. The van der Waals surface area contributed by atoms with E-state index < -0.39 is 6.61 Å². The fraction of sp³-hybridized carbons (Fsp3) is 0.500. The lowest BCUT2D eigenvalue weighted by Gasteiger charge is -2.22. The van der Waals surface area contributed by atoms with Gasteiger partial charge in [-0.15, -0.1) is 24.0 Å². The molecule has 2 N–H and O–H groups in total. The molecule has 1 aliphatic heterocycles. The van der Waals surface area contributed by atoms with Crippen LogP contribution >= 0.6 is 24.0 Å². The number of aryl methyl sites for hydroxylation is 2. The maximum absolute atomic E-state index is 12.7. The number of anilines is 1. The number of alkyl halides is 2. The van der Waals surface area contributed by atoms with Crippen molar-refractivity contribution >= 4 is 35.6 Å². The van der Waals surface area contributed by atoms with Gasteiger partial charge in [-0.05, 0) is 37.0 Å². The van der Waals surface area contributed by atoms with Crippen molar-refractivity contribution in [2.75, 3.05) is 31.6 Å². The van der Waals surface area contributed by atoms with Crippen LogP contribution in [0.2, 0.25) is 0 Å². The number of aliphatic imine (C=N–C) groups is 1. The van der Waals surface area contributed by atoms with Crippen molar-refractivity contribution in [1.29, 1.82) is 0 Å². The van der Waals surface area contributed by atoms with Crippen LogP contribution in [0.4, 0.5) is 14.5 Å². The van der Waals surface area contributed by atoms with Gasteiger partial charge in [0.15, 0.2) is 5.96 Å². The Morgan fingerprint density at radius 2 is 2.17 bits per heavy atom. The van der Waals surface area contributed by atoms with Crippen molar-refractivity contribution in [1.82, 2.24) is 20.4 Å². The van der Waals surface area contributed by atoms with Crippen LogP contribution in [0.1, 0.15) is 18.4 Å². The predicted molar refractivity (Wildman–Crippen MR) is 125 cm³/mol. The third-order valence-electron chi connectivity index (χ3n) is 4.87. The molecule has 2 aromatic rings. The summed E-state index contributed by atoms with van der Waals surface area (Å²) in [6, 6.07) is 7.09. The third-order valence-corrected chi connectivity index (χ3v) is 4.87. The largest absolute Gasteiger partial charge is 0.433 e. The number of para-hydroxylation sites is 2. The van der Waals surface area contributed by atoms with Crippen molar-refractivity contribution < 1.29 is 13.5 Å². The number of hydrogen-bond acceptors (Lipinski definition) is 4. The maximum Gasteiger partial charge on any atom is 0.387 e. The van der Waals surface area contributed by atoms with Gasteiger partial charge >= 0.3 is 6.61 Å². The van der Waals surface area contributed by atoms with Crippen LogP contribution in [0.5, 0.6) is 5.75 Å². The van der Waals surface area contributed by atoms with Crippen LogP contribution in [0.3, 0.4) is 0 Å². The van der Waals surface area contributed by atoms with Gasteiger partial charge in [0, 0.05) is 46.0 Å². The molecule has 1 aromatic heterocycles. The molecule has 10 heteroatoms. The average molecular weight is 534 g/mol. The standard InChI is InChI=1S/C20H28F2N6O.HI/c1-23-20(24-10-5-6-15-12-25-27(2)13-15)26-16-9-11-28(14-16)17-7-3-4-8-18(17)29-19(21)22;/h3-4,7-8,12-13,16,19H,5-6,9-11,14H2,1-2H3,(H2,23,24,26);1H. The second-order valence-corrected chi connectivity index (χ2v) is 7.05. The second-order valence-electron chi connectivity index (χ2n) is 7.05. The number of aromatic nitrogens is 2. The summed E-state index contributed by atoms with van der Waals surface area (Å²) in [5, 5.41) is 10.9. The number of rotatable bonds is 8. The summed E-state index contributed by atoms with van der Waals surface area (Å²) in [5.74, 6) is 0.959. The van der Waals surface area contributed by atoms with Gasteiger partial charge in [0.05, 0.1) is 11.9 Å². The van der Waals surface area contributed by atoms with E-state index in [-0.39, 0.29) is 35.8 Å². The maximum atomic E-state index is 12.7. The molecule has 2 heterocycles. The van der Waals surface area contributed by atoms with E-state index >= 15 is 0 Å². The van der Waals surface area contributed by atoms with Crippen LogP contribution in [0.25, 0.3) is 0 Å². The Balaban J connectivity index is 0.00000320. The van der Waals surface area contributed by atoms with E-state index in [1.54, 1.807) is 23.9 Å². The summed E-state index contributed by atoms with van der Waals surface area (Å²) in [7, 11) is 3.66. The summed E-state index contributed by atoms with van der Waals surface area (Å²) in [4.78, 5) is 6.35. The van der Waals surface area contributed by atoms with Crippen molar-refractivity contribution in [3.63, 3.8) is 0 Å². The van der Waals surface area contributed by atoms with E-state index in [0.717, 1.165) is 38.3 Å². The fourth-order valence-corrected chi connectivity index (χ4v) is 3.50. The van der Waals surface area contributed by atoms with Gasteiger partial charge in [0.1, 0.15) is 5.75 Å². The highest BCUT2D eigenvalue weighted by molar-refractivity contribution is 14.0. The van der Waals surface area contributed by atoms with E-state index in [1.807, 2.05) is 31.6 Å². The topological polar surface area (TPSA) is 66.7 Å². The molecule has 1 fully saturated rings. The highest BCUT2D eigenvalue weighted by Crippen LogP contribution is 2.31. The van der Waals surface area contributed by atoms with Crippen molar-refractivity contribution in [3.8, 4) is 5.75 Å². The number of guanidine groups is 1. The van der Waals surface area contributed by atoms with Crippen molar-refractivity contribution in [2.45, 2.75) is 31.9 Å². The van der Waals surface area contributed by atoms with Gasteiger partial charge in [-0.25, -0.2) is 0 Å². The predicted octanol–water partition coefficient (Wildman–Crippen LogP) is 3.02. The van der Waals surface area contributed by atoms with E-state index in [1.165, 1.54) is 5.56 Å². The van der Waals surface area contributed by atoms with Gasteiger partial charge in [0.25, 0.3) is 0 Å². The molecule has 0 saturated carbocycles. The summed E-state index contributed by atoms with van der Waals surface area (Å²) in [6.07, 6.45) is 6.72. The van der Waals surface area contributed by atoms with Crippen LogP contribution < -0.4 is 20.3 Å². The molecule has 0 amide bonds. The highest BCUT2D eigenvalue weighted by atomic mass is 127. The van der Waals surface area contributed by atoms with Gasteiger partial charge in [-0.2, -0.15) is 13.9 Å². The van der Waals surface area contributed by atoms with Gasteiger partial charge in [-0.3, -0.25) is 9.67 Å². The lowest BCUT2D eigenvalue weighted by molar-refractivity contribution is -0.0495. The summed E-state index contributed by atoms with van der Waals surface area (Å²) < 4.78 is 31.8. The first-order valence-electron chi connectivity index (χ1n) is 9.78. The van der Waals surface area contributed by atoms with Gasteiger partial charge in [-0.1, -0.05) is 12.1 Å². The Morgan fingerprint density at radius 1 is 1.37 bits per heavy atom. The number of ether oxygens (including phenoxy) is 1. The summed E-state index contributed by atoms with van der Waals surface area (Å²) in [6.45, 7) is -0.572. The molecular formula is C20H29F2IN6O.